The van der Waals surface area contributed by atoms with Crippen molar-refractivity contribution in [3.63, 3.8) is 0 Å². The molecule has 0 unspecified atom stereocenters. The standard InChI is InChI=1S/C11H19N3/c1-9-4-5-10(11(9,2)3)8-14-12-6-7-13-14/h6-7,9-10H,4-5,8H2,1-3H3/t9-,10-/m1/s1. The maximum atomic E-state index is 4.18. The van der Waals surface area contributed by atoms with E-state index in [1.807, 2.05) is 4.80 Å². The van der Waals surface area contributed by atoms with Crippen LogP contribution in [0.15, 0.2) is 12.4 Å². The van der Waals surface area contributed by atoms with Crippen LogP contribution >= 0.6 is 0 Å². The first-order valence-corrected chi connectivity index (χ1v) is 5.45. The zero-order valence-electron chi connectivity index (χ0n) is 9.27. The monoisotopic (exact) mass is 193 g/mol. The third kappa shape index (κ3) is 1.56. The van der Waals surface area contributed by atoms with E-state index in [0.29, 0.717) is 5.41 Å². The first-order valence-electron chi connectivity index (χ1n) is 5.45. The highest BCUT2D eigenvalue weighted by atomic mass is 15.5. The molecule has 0 amide bonds. The van der Waals surface area contributed by atoms with Gasteiger partial charge in [-0.1, -0.05) is 20.8 Å². The lowest BCUT2D eigenvalue weighted by Crippen LogP contribution is -2.27. The van der Waals surface area contributed by atoms with Crippen molar-refractivity contribution in [2.45, 2.75) is 40.2 Å². The zero-order chi connectivity index (χ0) is 10.2. The molecule has 0 spiro atoms. The number of hydrogen-bond donors (Lipinski definition) is 0. The Morgan fingerprint density at radius 1 is 1.29 bits per heavy atom. The Labute approximate surface area is 85.5 Å². The fraction of sp³-hybridized carbons (Fsp3) is 0.818. The summed E-state index contributed by atoms with van der Waals surface area (Å²) < 4.78 is 0. The molecule has 0 saturated heterocycles. The first kappa shape index (κ1) is 9.69. The van der Waals surface area contributed by atoms with Crippen molar-refractivity contribution in [1.82, 2.24) is 15.0 Å². The lowest BCUT2D eigenvalue weighted by molar-refractivity contribution is 0.169. The van der Waals surface area contributed by atoms with Crippen molar-refractivity contribution in [2.24, 2.45) is 17.3 Å². The van der Waals surface area contributed by atoms with Crippen LogP contribution in [0.25, 0.3) is 0 Å². The van der Waals surface area contributed by atoms with Crippen molar-refractivity contribution >= 4 is 0 Å². The second-order valence-corrected chi connectivity index (χ2v) is 5.08. The molecule has 0 aromatic carbocycles. The minimum Gasteiger partial charge on any atom is -0.185 e. The van der Waals surface area contributed by atoms with Crippen LogP contribution in [0.1, 0.15) is 33.6 Å². The Hall–Kier alpha value is -0.860. The van der Waals surface area contributed by atoms with Gasteiger partial charge in [0.1, 0.15) is 0 Å². The number of rotatable bonds is 2. The summed E-state index contributed by atoms with van der Waals surface area (Å²) in [7, 11) is 0. The molecule has 0 radical (unpaired) electrons. The van der Waals surface area contributed by atoms with Gasteiger partial charge < -0.3 is 0 Å². The summed E-state index contributed by atoms with van der Waals surface area (Å²) in [5, 5.41) is 8.35. The topological polar surface area (TPSA) is 30.7 Å². The fourth-order valence-electron chi connectivity index (χ4n) is 2.46. The van der Waals surface area contributed by atoms with Gasteiger partial charge in [0.15, 0.2) is 0 Å². The van der Waals surface area contributed by atoms with Crippen molar-refractivity contribution < 1.29 is 0 Å². The van der Waals surface area contributed by atoms with Gasteiger partial charge in [0.25, 0.3) is 0 Å². The highest BCUT2D eigenvalue weighted by Crippen LogP contribution is 2.47. The molecule has 1 saturated carbocycles. The molecule has 0 N–H and O–H groups in total. The maximum absolute atomic E-state index is 4.18. The third-order valence-electron chi connectivity index (χ3n) is 4.12. The Bertz CT molecular complexity index is 289. The van der Waals surface area contributed by atoms with E-state index in [9.17, 15) is 0 Å². The Kier molecular flexibility index (Phi) is 2.33. The summed E-state index contributed by atoms with van der Waals surface area (Å²) in [6, 6.07) is 0. The van der Waals surface area contributed by atoms with Crippen LogP contribution in [0.3, 0.4) is 0 Å². The van der Waals surface area contributed by atoms with Crippen molar-refractivity contribution in [3.05, 3.63) is 12.4 Å². The van der Waals surface area contributed by atoms with E-state index in [4.69, 9.17) is 0 Å². The van der Waals surface area contributed by atoms with Crippen LogP contribution in [0.5, 0.6) is 0 Å². The Morgan fingerprint density at radius 3 is 2.43 bits per heavy atom. The van der Waals surface area contributed by atoms with Crippen molar-refractivity contribution in [3.8, 4) is 0 Å². The smallest absolute Gasteiger partial charge is 0.0693 e. The van der Waals surface area contributed by atoms with E-state index in [1.165, 1.54) is 12.8 Å². The minimum absolute atomic E-state index is 0.438. The summed E-state index contributed by atoms with van der Waals surface area (Å²) in [5.41, 5.74) is 0.438. The van der Waals surface area contributed by atoms with Gasteiger partial charge in [0.2, 0.25) is 0 Å². The molecule has 78 valence electrons. The first-order chi connectivity index (χ1) is 6.60. The van der Waals surface area contributed by atoms with E-state index in [0.717, 1.165) is 18.4 Å². The van der Waals surface area contributed by atoms with E-state index < -0.39 is 0 Å². The average Bonchev–Trinajstić information content (AvgIpc) is 2.70. The molecule has 1 aromatic rings. The van der Waals surface area contributed by atoms with E-state index in [2.05, 4.69) is 31.0 Å². The molecule has 0 bridgehead atoms. The molecule has 2 rings (SSSR count). The number of nitrogens with zero attached hydrogens (tertiary/aromatic N) is 3. The van der Waals surface area contributed by atoms with Crippen LogP contribution in [-0.4, -0.2) is 15.0 Å². The summed E-state index contributed by atoms with van der Waals surface area (Å²) >= 11 is 0. The molecule has 3 heteroatoms. The van der Waals surface area contributed by atoms with Gasteiger partial charge >= 0.3 is 0 Å². The Morgan fingerprint density at radius 2 is 1.93 bits per heavy atom. The number of hydrogen-bond acceptors (Lipinski definition) is 2. The van der Waals surface area contributed by atoms with Crippen molar-refractivity contribution in [2.75, 3.05) is 0 Å². The summed E-state index contributed by atoms with van der Waals surface area (Å²) in [6.45, 7) is 8.08. The lowest BCUT2D eigenvalue weighted by atomic mass is 9.76. The van der Waals surface area contributed by atoms with Gasteiger partial charge in [-0.25, -0.2) is 0 Å². The van der Waals surface area contributed by atoms with Crippen LogP contribution in [0, 0.1) is 17.3 Å². The van der Waals surface area contributed by atoms with E-state index in [-0.39, 0.29) is 0 Å². The predicted molar refractivity (Wildman–Crippen MR) is 55.7 cm³/mol. The van der Waals surface area contributed by atoms with Crippen molar-refractivity contribution in [1.29, 1.82) is 0 Å². The highest BCUT2D eigenvalue weighted by molar-refractivity contribution is 4.89. The van der Waals surface area contributed by atoms with Gasteiger partial charge in [-0.3, -0.25) is 0 Å². The zero-order valence-corrected chi connectivity index (χ0v) is 9.27. The average molecular weight is 193 g/mol. The van der Waals surface area contributed by atoms with Crippen LogP contribution in [0.4, 0.5) is 0 Å². The molecule has 1 fully saturated rings. The minimum atomic E-state index is 0.438. The SMILES string of the molecule is C[C@@H]1CC[C@H](Cn2nccn2)C1(C)C. The quantitative estimate of drug-likeness (QED) is 0.722. The fourth-order valence-corrected chi connectivity index (χ4v) is 2.46. The molecule has 0 aliphatic heterocycles. The molecular weight excluding hydrogens is 174 g/mol. The molecule has 14 heavy (non-hydrogen) atoms. The predicted octanol–water partition coefficient (Wildman–Crippen LogP) is 2.35. The molecular formula is C11H19N3. The van der Waals surface area contributed by atoms with E-state index in [1.54, 1.807) is 12.4 Å². The maximum Gasteiger partial charge on any atom is 0.0693 e. The molecule has 1 aliphatic rings. The second-order valence-electron chi connectivity index (χ2n) is 5.08. The van der Waals surface area contributed by atoms with Gasteiger partial charge in [0.05, 0.1) is 18.9 Å². The Balaban J connectivity index is 2.06. The second kappa shape index (κ2) is 3.37. The van der Waals surface area contributed by atoms with Gasteiger partial charge in [0, 0.05) is 0 Å². The molecule has 2 atom stereocenters. The normalized spacial score (nSPS) is 30.8. The summed E-state index contributed by atoms with van der Waals surface area (Å²) in [6.07, 6.45) is 6.17. The molecule has 1 heterocycles. The highest BCUT2D eigenvalue weighted by Gasteiger charge is 2.40. The number of aromatic nitrogens is 3. The molecule has 1 aliphatic carbocycles. The van der Waals surface area contributed by atoms with Gasteiger partial charge in [-0.15, -0.1) is 0 Å². The summed E-state index contributed by atoms with van der Waals surface area (Å²) in [5.74, 6) is 1.55. The third-order valence-corrected chi connectivity index (χ3v) is 4.12. The lowest BCUT2D eigenvalue weighted by Gasteiger charge is -2.30. The van der Waals surface area contributed by atoms with Gasteiger partial charge in [-0.05, 0) is 30.1 Å². The van der Waals surface area contributed by atoms with Crippen LogP contribution < -0.4 is 0 Å². The van der Waals surface area contributed by atoms with Gasteiger partial charge in [-0.2, -0.15) is 15.0 Å². The largest absolute Gasteiger partial charge is 0.185 e. The summed E-state index contributed by atoms with van der Waals surface area (Å²) in [4.78, 5) is 1.82. The van der Waals surface area contributed by atoms with Crippen LogP contribution in [-0.2, 0) is 6.54 Å². The molecule has 3 nitrogen and oxygen atoms in total. The van der Waals surface area contributed by atoms with E-state index >= 15 is 0 Å². The van der Waals surface area contributed by atoms with Crippen LogP contribution in [0.2, 0.25) is 0 Å². The molecule has 1 aromatic heterocycles.